The number of nitro benzene ring substituents is 1. The monoisotopic (exact) mass is 354 g/mol. The molecule has 0 fully saturated rings. The Labute approximate surface area is 125 Å². The van der Waals surface area contributed by atoms with Crippen molar-refractivity contribution in [2.75, 3.05) is 0 Å². The van der Waals surface area contributed by atoms with E-state index in [0.29, 0.717) is 10.9 Å². The van der Waals surface area contributed by atoms with Gasteiger partial charge in [0.2, 0.25) is 0 Å². The molecule has 0 bridgehead atoms. The van der Waals surface area contributed by atoms with Crippen molar-refractivity contribution in [2.24, 2.45) is 5.73 Å². The Balaban J connectivity index is 0.00000324. The molecule has 0 aromatic heterocycles. The van der Waals surface area contributed by atoms with Crippen LogP contribution in [-0.2, 0) is 0 Å². The molecule has 108 valence electrons. The van der Waals surface area contributed by atoms with Gasteiger partial charge in [-0.1, -0.05) is 29.3 Å². The van der Waals surface area contributed by atoms with E-state index in [2.05, 4.69) is 15.9 Å². The highest BCUT2D eigenvalue weighted by atomic mass is 79.9. The van der Waals surface area contributed by atoms with Crippen LogP contribution in [0.3, 0.4) is 0 Å². The largest absolute Gasteiger partial charge is 0.502 e. The Morgan fingerprint density at radius 3 is 2.58 bits per heavy atom. The van der Waals surface area contributed by atoms with E-state index < -0.39 is 28.5 Å². The van der Waals surface area contributed by atoms with E-state index in [4.69, 9.17) is 5.73 Å². The molecule has 1 aromatic carbocycles. The number of hydrogen-bond acceptors (Lipinski definition) is 5. The average molecular weight is 356 g/mol. The standard InChI is InChI=1S/C11H15BrN2O4.ClH/c1-2-3-9(15)10(13)7-4-6(12)5-8(11(7)16)14(17)18;/h4-5,9-10,15-16H,2-3,13H2,1H3;1H/t9-,10+;/m1./s1. The quantitative estimate of drug-likeness (QED) is 0.555. The smallest absolute Gasteiger partial charge is 0.312 e. The summed E-state index contributed by atoms with van der Waals surface area (Å²) in [6, 6.07) is 1.81. The summed E-state index contributed by atoms with van der Waals surface area (Å²) in [5, 5.41) is 30.4. The minimum Gasteiger partial charge on any atom is -0.502 e. The molecule has 6 nitrogen and oxygen atoms in total. The fraction of sp³-hybridized carbons (Fsp3) is 0.455. The zero-order chi connectivity index (χ0) is 13.9. The lowest BCUT2D eigenvalue weighted by molar-refractivity contribution is -0.386. The van der Waals surface area contributed by atoms with Crippen molar-refractivity contribution in [3.8, 4) is 5.75 Å². The van der Waals surface area contributed by atoms with Gasteiger partial charge in [-0.15, -0.1) is 12.4 Å². The maximum atomic E-state index is 10.8. The number of hydrogen-bond donors (Lipinski definition) is 3. The third kappa shape index (κ3) is 4.31. The molecule has 2 atom stereocenters. The van der Waals surface area contributed by atoms with Gasteiger partial charge in [0.1, 0.15) is 0 Å². The van der Waals surface area contributed by atoms with Gasteiger partial charge in [-0.2, -0.15) is 0 Å². The van der Waals surface area contributed by atoms with E-state index in [0.717, 1.165) is 6.42 Å². The number of phenolic OH excluding ortho intramolecular Hbond substituents is 1. The normalized spacial score (nSPS) is 13.5. The Hall–Kier alpha value is -0.890. The van der Waals surface area contributed by atoms with Gasteiger partial charge in [0.25, 0.3) is 0 Å². The second kappa shape index (κ2) is 7.64. The lowest BCUT2D eigenvalue weighted by Gasteiger charge is -2.19. The Morgan fingerprint density at radius 2 is 2.11 bits per heavy atom. The van der Waals surface area contributed by atoms with Crippen LogP contribution in [-0.4, -0.2) is 21.2 Å². The number of benzene rings is 1. The molecule has 0 saturated heterocycles. The van der Waals surface area contributed by atoms with Gasteiger partial charge in [-0.25, -0.2) is 0 Å². The molecular formula is C11H16BrClN2O4. The topological polar surface area (TPSA) is 110 Å². The van der Waals surface area contributed by atoms with Crippen molar-refractivity contribution >= 4 is 34.0 Å². The molecule has 0 amide bonds. The highest BCUT2D eigenvalue weighted by Crippen LogP contribution is 2.37. The molecule has 0 aliphatic heterocycles. The fourth-order valence-electron chi connectivity index (χ4n) is 1.68. The van der Waals surface area contributed by atoms with E-state index in [1.54, 1.807) is 0 Å². The number of aromatic hydroxyl groups is 1. The van der Waals surface area contributed by atoms with Crippen LogP contribution >= 0.6 is 28.3 Å². The van der Waals surface area contributed by atoms with Crippen LogP contribution in [0.25, 0.3) is 0 Å². The molecule has 19 heavy (non-hydrogen) atoms. The SMILES string of the molecule is CCC[C@@H](O)[C@@H](N)c1cc(Br)cc([N+](=O)[O-])c1O.Cl. The van der Waals surface area contributed by atoms with Crippen molar-refractivity contribution in [1.29, 1.82) is 0 Å². The summed E-state index contributed by atoms with van der Waals surface area (Å²) in [6.45, 7) is 1.89. The van der Waals surface area contributed by atoms with Crippen LogP contribution in [0.2, 0.25) is 0 Å². The molecule has 1 aromatic rings. The molecule has 0 spiro atoms. The van der Waals surface area contributed by atoms with E-state index in [1.807, 2.05) is 6.92 Å². The number of nitrogens with zero attached hydrogens (tertiary/aromatic N) is 1. The van der Waals surface area contributed by atoms with Crippen molar-refractivity contribution in [3.05, 3.63) is 32.3 Å². The van der Waals surface area contributed by atoms with Crippen LogP contribution in [0.5, 0.6) is 5.75 Å². The van der Waals surface area contributed by atoms with Gasteiger partial charge in [0, 0.05) is 16.1 Å². The highest BCUT2D eigenvalue weighted by Gasteiger charge is 2.25. The summed E-state index contributed by atoms with van der Waals surface area (Å²) in [6.07, 6.45) is 0.335. The molecule has 0 unspecified atom stereocenters. The highest BCUT2D eigenvalue weighted by molar-refractivity contribution is 9.10. The molecule has 0 aliphatic rings. The number of aliphatic hydroxyl groups excluding tert-OH is 1. The van der Waals surface area contributed by atoms with Crippen molar-refractivity contribution in [2.45, 2.75) is 31.9 Å². The minimum atomic E-state index is -0.860. The molecule has 0 saturated carbocycles. The first kappa shape index (κ1) is 18.1. The second-order valence-electron chi connectivity index (χ2n) is 4.00. The maximum absolute atomic E-state index is 10.8. The van der Waals surface area contributed by atoms with Gasteiger partial charge >= 0.3 is 5.69 Å². The van der Waals surface area contributed by atoms with Crippen LogP contribution < -0.4 is 5.73 Å². The van der Waals surface area contributed by atoms with Gasteiger partial charge in [0.15, 0.2) is 5.75 Å². The average Bonchev–Trinajstić information content (AvgIpc) is 2.30. The van der Waals surface area contributed by atoms with Gasteiger partial charge < -0.3 is 15.9 Å². The number of rotatable bonds is 5. The number of phenols is 1. The first-order valence-corrected chi connectivity index (χ1v) is 6.28. The predicted octanol–water partition coefficient (Wildman–Crippen LogP) is 2.65. The van der Waals surface area contributed by atoms with E-state index in [9.17, 15) is 20.3 Å². The van der Waals surface area contributed by atoms with Gasteiger partial charge in [-0.05, 0) is 12.5 Å². The lowest BCUT2D eigenvalue weighted by atomic mass is 9.98. The molecule has 8 heteroatoms. The van der Waals surface area contributed by atoms with Crippen LogP contribution in [0, 0.1) is 10.1 Å². The van der Waals surface area contributed by atoms with Gasteiger partial charge in [0.05, 0.1) is 17.1 Å². The lowest BCUT2D eigenvalue weighted by Crippen LogP contribution is -2.26. The van der Waals surface area contributed by atoms with E-state index in [1.165, 1.54) is 12.1 Å². The number of halogens is 2. The van der Waals surface area contributed by atoms with Crippen molar-refractivity contribution in [1.82, 2.24) is 0 Å². The molecule has 1 rings (SSSR count). The second-order valence-corrected chi connectivity index (χ2v) is 4.92. The molecular weight excluding hydrogens is 339 g/mol. The van der Waals surface area contributed by atoms with E-state index in [-0.39, 0.29) is 18.0 Å². The van der Waals surface area contributed by atoms with Crippen LogP contribution in [0.4, 0.5) is 5.69 Å². The summed E-state index contributed by atoms with van der Waals surface area (Å²) >= 11 is 3.12. The summed E-state index contributed by atoms with van der Waals surface area (Å²) in [5.41, 5.74) is 5.54. The molecule has 4 N–H and O–H groups in total. The van der Waals surface area contributed by atoms with Crippen LogP contribution in [0.15, 0.2) is 16.6 Å². The molecule has 0 heterocycles. The van der Waals surface area contributed by atoms with Crippen molar-refractivity contribution < 1.29 is 15.1 Å². The minimum absolute atomic E-state index is 0. The Morgan fingerprint density at radius 1 is 1.53 bits per heavy atom. The number of aliphatic hydroxyl groups is 1. The first-order valence-electron chi connectivity index (χ1n) is 5.48. The summed E-state index contributed by atoms with van der Waals surface area (Å²) in [5.74, 6) is -0.495. The Bertz CT molecular complexity index is 459. The number of nitrogens with two attached hydrogens (primary N) is 1. The van der Waals surface area contributed by atoms with Crippen molar-refractivity contribution in [3.63, 3.8) is 0 Å². The van der Waals surface area contributed by atoms with E-state index >= 15 is 0 Å². The summed E-state index contributed by atoms with van der Waals surface area (Å²) in [7, 11) is 0. The maximum Gasteiger partial charge on any atom is 0.312 e. The summed E-state index contributed by atoms with van der Waals surface area (Å²) in [4.78, 5) is 10.1. The first-order chi connectivity index (χ1) is 8.38. The number of nitro groups is 1. The Kier molecular flexibility index (Phi) is 7.28. The summed E-state index contributed by atoms with van der Waals surface area (Å²) < 4.78 is 0.432. The third-order valence-electron chi connectivity index (χ3n) is 2.64. The third-order valence-corrected chi connectivity index (χ3v) is 3.10. The molecule has 0 aliphatic carbocycles. The zero-order valence-corrected chi connectivity index (χ0v) is 12.6. The molecule has 0 radical (unpaired) electrons. The zero-order valence-electron chi connectivity index (χ0n) is 10.2. The van der Waals surface area contributed by atoms with Crippen LogP contribution in [0.1, 0.15) is 31.4 Å². The van der Waals surface area contributed by atoms with Gasteiger partial charge in [-0.3, -0.25) is 10.1 Å². The predicted molar refractivity (Wildman–Crippen MR) is 77.6 cm³/mol. The fourth-order valence-corrected chi connectivity index (χ4v) is 2.14.